The maximum absolute atomic E-state index is 11.7. The topological polar surface area (TPSA) is 68.3 Å². The van der Waals surface area contributed by atoms with E-state index in [2.05, 4.69) is 9.80 Å². The minimum Gasteiger partial charge on any atom is -0.469 e. The summed E-state index contributed by atoms with van der Waals surface area (Å²) >= 11 is 0. The lowest BCUT2D eigenvalue weighted by molar-refractivity contribution is -0.141. The summed E-state index contributed by atoms with van der Waals surface area (Å²) in [5.41, 5.74) is 1.74. The van der Waals surface area contributed by atoms with Gasteiger partial charge < -0.3 is 14.2 Å². The van der Waals surface area contributed by atoms with Gasteiger partial charge in [0, 0.05) is 38.6 Å². The molecule has 0 radical (unpaired) electrons. The number of piperidine rings is 1. The third kappa shape index (κ3) is 6.01. The van der Waals surface area contributed by atoms with Crippen molar-refractivity contribution in [2.24, 2.45) is 5.92 Å². The van der Waals surface area contributed by atoms with Crippen LogP contribution in [0.3, 0.4) is 0 Å². The molecule has 0 unspecified atom stereocenters. The van der Waals surface area contributed by atoms with Crippen LogP contribution in [0.15, 0.2) is 24.3 Å². The highest BCUT2D eigenvalue weighted by Gasteiger charge is 2.34. The number of hydrogen-bond donors (Lipinski definition) is 0. The van der Waals surface area contributed by atoms with E-state index < -0.39 is 0 Å². The first-order chi connectivity index (χ1) is 14.1. The molecule has 2 aliphatic heterocycles. The highest BCUT2D eigenvalue weighted by molar-refractivity contribution is 5.89. The molecular formula is C22H32N2O5. The quantitative estimate of drug-likeness (QED) is 0.644. The number of nitrogens with zero attached hydrogens (tertiary/aromatic N) is 2. The SMILES string of the molecule is COC(=O)CC[C@H]1CN(Cc2ccc(C(=O)OC)cc2)CC[C@H]1N1CCOCC1. The van der Waals surface area contributed by atoms with E-state index in [-0.39, 0.29) is 11.9 Å². The number of morpholine rings is 1. The van der Waals surface area contributed by atoms with Gasteiger partial charge in [-0.05, 0) is 43.0 Å². The molecule has 0 bridgehead atoms. The molecule has 2 heterocycles. The molecule has 0 spiro atoms. The predicted octanol–water partition coefficient (Wildman–Crippen LogP) is 1.95. The molecule has 160 valence electrons. The largest absolute Gasteiger partial charge is 0.469 e. The number of methoxy groups -OCH3 is 2. The molecule has 2 fully saturated rings. The summed E-state index contributed by atoms with van der Waals surface area (Å²) in [6.45, 7) is 6.33. The standard InChI is InChI=1S/C22H32N2O5/c1-27-21(25)8-7-19-16-23(10-9-20(19)24-11-13-29-14-12-24)15-17-3-5-18(6-4-17)22(26)28-2/h3-6,19-20H,7-16H2,1-2H3/t19-,20+/m0/s1. The van der Waals surface area contributed by atoms with Crippen LogP contribution in [0.1, 0.15) is 35.2 Å². The van der Waals surface area contributed by atoms with Gasteiger partial charge in [0.1, 0.15) is 0 Å². The molecule has 0 aromatic heterocycles. The first kappa shape index (κ1) is 21.7. The Balaban J connectivity index is 1.62. The summed E-state index contributed by atoms with van der Waals surface area (Å²) in [5, 5.41) is 0. The third-order valence-corrected chi connectivity index (χ3v) is 6.02. The summed E-state index contributed by atoms with van der Waals surface area (Å²) in [5.74, 6) is -0.0257. The van der Waals surface area contributed by atoms with Crippen LogP contribution in [0.2, 0.25) is 0 Å². The van der Waals surface area contributed by atoms with Crippen LogP contribution in [0, 0.1) is 5.92 Å². The van der Waals surface area contributed by atoms with Crippen molar-refractivity contribution in [2.75, 3.05) is 53.6 Å². The summed E-state index contributed by atoms with van der Waals surface area (Å²) < 4.78 is 15.1. The predicted molar refractivity (Wildman–Crippen MR) is 109 cm³/mol. The van der Waals surface area contributed by atoms with E-state index >= 15 is 0 Å². The summed E-state index contributed by atoms with van der Waals surface area (Å²) in [6.07, 6.45) is 2.39. The molecule has 2 aliphatic rings. The second-order valence-electron chi connectivity index (χ2n) is 7.80. The summed E-state index contributed by atoms with van der Waals surface area (Å²) in [4.78, 5) is 28.3. The fraction of sp³-hybridized carbons (Fsp3) is 0.636. The van der Waals surface area contributed by atoms with E-state index in [4.69, 9.17) is 14.2 Å². The average Bonchev–Trinajstić information content (AvgIpc) is 2.78. The molecule has 0 aliphatic carbocycles. The minimum absolute atomic E-state index is 0.138. The lowest BCUT2D eigenvalue weighted by Gasteiger charge is -2.45. The van der Waals surface area contributed by atoms with Crippen molar-refractivity contribution < 1.29 is 23.8 Å². The molecule has 2 saturated heterocycles. The number of hydrogen-bond acceptors (Lipinski definition) is 7. The molecule has 2 atom stereocenters. The molecule has 0 amide bonds. The third-order valence-electron chi connectivity index (χ3n) is 6.02. The van der Waals surface area contributed by atoms with Crippen molar-refractivity contribution >= 4 is 11.9 Å². The Kier molecular flexibility index (Phi) is 8.03. The summed E-state index contributed by atoms with van der Waals surface area (Å²) in [6, 6.07) is 8.10. The number of benzene rings is 1. The highest BCUT2D eigenvalue weighted by Crippen LogP contribution is 2.28. The minimum atomic E-state index is -0.314. The molecular weight excluding hydrogens is 372 g/mol. The van der Waals surface area contributed by atoms with Crippen molar-refractivity contribution in [2.45, 2.75) is 31.8 Å². The van der Waals surface area contributed by atoms with E-state index in [1.54, 1.807) is 0 Å². The first-order valence-electron chi connectivity index (χ1n) is 10.4. The fourth-order valence-corrected chi connectivity index (χ4v) is 4.44. The Bertz CT molecular complexity index is 672. The van der Waals surface area contributed by atoms with Gasteiger partial charge in [-0.15, -0.1) is 0 Å². The molecule has 3 rings (SSSR count). The van der Waals surface area contributed by atoms with Crippen LogP contribution in [-0.4, -0.2) is 81.4 Å². The Hall–Kier alpha value is -1.96. The lowest BCUT2D eigenvalue weighted by atomic mass is 9.86. The van der Waals surface area contributed by atoms with Crippen molar-refractivity contribution in [1.82, 2.24) is 9.80 Å². The Morgan fingerprint density at radius 1 is 1.07 bits per heavy atom. The highest BCUT2D eigenvalue weighted by atomic mass is 16.5. The summed E-state index contributed by atoms with van der Waals surface area (Å²) in [7, 11) is 2.84. The van der Waals surface area contributed by atoms with Crippen molar-refractivity contribution in [3.05, 3.63) is 35.4 Å². The number of ether oxygens (including phenoxy) is 3. The van der Waals surface area contributed by atoms with Crippen LogP contribution in [0.4, 0.5) is 0 Å². The maximum Gasteiger partial charge on any atom is 0.337 e. The van der Waals surface area contributed by atoms with Crippen LogP contribution >= 0.6 is 0 Å². The Morgan fingerprint density at radius 2 is 1.79 bits per heavy atom. The Labute approximate surface area is 172 Å². The Morgan fingerprint density at radius 3 is 2.45 bits per heavy atom. The van der Waals surface area contributed by atoms with E-state index in [1.165, 1.54) is 19.8 Å². The second-order valence-corrected chi connectivity index (χ2v) is 7.80. The van der Waals surface area contributed by atoms with Crippen molar-refractivity contribution in [1.29, 1.82) is 0 Å². The second kappa shape index (κ2) is 10.7. The number of carbonyl (C=O) groups is 2. The van der Waals surface area contributed by atoms with Gasteiger partial charge in [0.05, 0.1) is 33.0 Å². The smallest absolute Gasteiger partial charge is 0.337 e. The average molecular weight is 405 g/mol. The zero-order valence-electron chi connectivity index (χ0n) is 17.5. The van der Waals surface area contributed by atoms with E-state index in [0.717, 1.165) is 58.8 Å². The molecule has 0 N–H and O–H groups in total. The van der Waals surface area contributed by atoms with Gasteiger partial charge in [-0.3, -0.25) is 14.6 Å². The van der Waals surface area contributed by atoms with Gasteiger partial charge in [0.2, 0.25) is 0 Å². The zero-order valence-corrected chi connectivity index (χ0v) is 17.5. The number of rotatable bonds is 7. The van der Waals surface area contributed by atoms with Gasteiger partial charge in [-0.1, -0.05) is 12.1 Å². The molecule has 1 aromatic carbocycles. The molecule has 1 aromatic rings. The van der Waals surface area contributed by atoms with Gasteiger partial charge in [-0.25, -0.2) is 4.79 Å². The van der Waals surface area contributed by atoms with E-state index in [1.807, 2.05) is 24.3 Å². The fourth-order valence-electron chi connectivity index (χ4n) is 4.44. The van der Waals surface area contributed by atoms with Crippen molar-refractivity contribution in [3.8, 4) is 0 Å². The van der Waals surface area contributed by atoms with Gasteiger partial charge in [-0.2, -0.15) is 0 Å². The van der Waals surface area contributed by atoms with Crippen LogP contribution in [-0.2, 0) is 25.5 Å². The number of likely N-dealkylation sites (tertiary alicyclic amines) is 1. The van der Waals surface area contributed by atoms with Gasteiger partial charge >= 0.3 is 11.9 Å². The first-order valence-corrected chi connectivity index (χ1v) is 10.4. The zero-order chi connectivity index (χ0) is 20.6. The van der Waals surface area contributed by atoms with Crippen LogP contribution < -0.4 is 0 Å². The molecule has 7 heteroatoms. The monoisotopic (exact) mass is 404 g/mol. The molecule has 29 heavy (non-hydrogen) atoms. The molecule has 7 nitrogen and oxygen atoms in total. The van der Waals surface area contributed by atoms with Crippen LogP contribution in [0.25, 0.3) is 0 Å². The van der Waals surface area contributed by atoms with Gasteiger partial charge in [0.15, 0.2) is 0 Å². The van der Waals surface area contributed by atoms with Crippen molar-refractivity contribution in [3.63, 3.8) is 0 Å². The van der Waals surface area contributed by atoms with E-state index in [0.29, 0.717) is 23.9 Å². The van der Waals surface area contributed by atoms with E-state index in [9.17, 15) is 9.59 Å². The molecule has 0 saturated carbocycles. The maximum atomic E-state index is 11.7. The van der Waals surface area contributed by atoms with Gasteiger partial charge in [0.25, 0.3) is 0 Å². The number of esters is 2. The lowest BCUT2D eigenvalue weighted by Crippen LogP contribution is -2.53. The van der Waals surface area contributed by atoms with Crippen LogP contribution in [0.5, 0.6) is 0 Å². The normalized spacial score (nSPS) is 23.5. The number of carbonyl (C=O) groups excluding carboxylic acids is 2.